The van der Waals surface area contributed by atoms with Crippen molar-refractivity contribution in [2.75, 3.05) is 14.2 Å². The molecule has 0 fully saturated rings. The van der Waals surface area contributed by atoms with Crippen molar-refractivity contribution in [2.24, 2.45) is 5.73 Å². The maximum absolute atomic E-state index is 11.6. The Morgan fingerprint density at radius 1 is 1.42 bits per heavy atom. The quantitative estimate of drug-likeness (QED) is 0.854. The minimum absolute atomic E-state index is 0.448. The van der Waals surface area contributed by atoms with Gasteiger partial charge in [0.1, 0.15) is 11.8 Å². The fourth-order valence-electron chi connectivity index (χ4n) is 2.32. The number of aryl methyl sites for hydroxylation is 1. The van der Waals surface area contributed by atoms with Gasteiger partial charge in [-0.05, 0) is 19.1 Å². The number of methoxy groups -OCH3 is 2. The number of carbonyl (C=O) groups is 1. The van der Waals surface area contributed by atoms with E-state index < -0.39 is 12.0 Å². The normalized spacial score (nSPS) is 12.4. The average Bonchev–Trinajstić information content (AvgIpc) is 2.83. The van der Waals surface area contributed by atoms with Crippen molar-refractivity contribution in [2.45, 2.75) is 19.5 Å². The lowest BCUT2D eigenvalue weighted by molar-refractivity contribution is -0.142. The molecule has 0 aliphatic heterocycles. The first-order valence-electron chi connectivity index (χ1n) is 6.13. The number of hydrogen-bond donors (Lipinski definition) is 1. The summed E-state index contributed by atoms with van der Waals surface area (Å²) in [5.74, 6) is 0.319. The van der Waals surface area contributed by atoms with Crippen LogP contribution in [0.2, 0.25) is 0 Å². The van der Waals surface area contributed by atoms with Gasteiger partial charge in [-0.15, -0.1) is 0 Å². The summed E-state index contributed by atoms with van der Waals surface area (Å²) in [6.07, 6.45) is 0. The molecule has 2 rings (SSSR count). The SMILES string of the molecule is CCn1c(C(N)C(=O)OC)cc2cccc(OC)c21. The highest BCUT2D eigenvalue weighted by molar-refractivity contribution is 5.89. The number of rotatable bonds is 4. The van der Waals surface area contributed by atoms with Crippen molar-refractivity contribution in [3.8, 4) is 5.75 Å². The summed E-state index contributed by atoms with van der Waals surface area (Å²) >= 11 is 0. The number of aromatic nitrogens is 1. The van der Waals surface area contributed by atoms with Gasteiger partial charge in [0.2, 0.25) is 0 Å². The lowest BCUT2D eigenvalue weighted by atomic mass is 10.2. The predicted molar refractivity (Wildman–Crippen MR) is 73.1 cm³/mol. The molecule has 0 radical (unpaired) electrons. The zero-order valence-corrected chi connectivity index (χ0v) is 11.3. The molecule has 0 spiro atoms. The van der Waals surface area contributed by atoms with Crippen molar-refractivity contribution in [3.63, 3.8) is 0 Å². The molecule has 1 heterocycles. The predicted octanol–water partition coefficient (Wildman–Crippen LogP) is 1.84. The van der Waals surface area contributed by atoms with Gasteiger partial charge < -0.3 is 19.8 Å². The van der Waals surface area contributed by atoms with Crippen molar-refractivity contribution in [3.05, 3.63) is 30.0 Å². The van der Waals surface area contributed by atoms with Gasteiger partial charge >= 0.3 is 5.97 Å². The molecule has 19 heavy (non-hydrogen) atoms. The zero-order valence-electron chi connectivity index (χ0n) is 11.3. The van der Waals surface area contributed by atoms with E-state index in [1.165, 1.54) is 7.11 Å². The number of esters is 1. The minimum Gasteiger partial charge on any atom is -0.495 e. The highest BCUT2D eigenvalue weighted by Gasteiger charge is 2.22. The summed E-state index contributed by atoms with van der Waals surface area (Å²) in [7, 11) is 2.96. The van der Waals surface area contributed by atoms with Crippen molar-refractivity contribution in [1.82, 2.24) is 4.57 Å². The third-order valence-electron chi connectivity index (χ3n) is 3.23. The second-order valence-electron chi connectivity index (χ2n) is 4.21. The Labute approximate surface area is 111 Å². The molecule has 0 amide bonds. The molecule has 1 unspecified atom stereocenters. The Morgan fingerprint density at radius 3 is 2.74 bits per heavy atom. The van der Waals surface area contributed by atoms with E-state index in [-0.39, 0.29) is 0 Å². The van der Waals surface area contributed by atoms with E-state index in [0.717, 1.165) is 22.3 Å². The number of nitrogens with zero attached hydrogens (tertiary/aromatic N) is 1. The maximum Gasteiger partial charge on any atom is 0.328 e. The summed E-state index contributed by atoms with van der Waals surface area (Å²) in [5, 5.41) is 0.996. The Balaban J connectivity index is 2.66. The van der Waals surface area contributed by atoms with E-state index in [1.54, 1.807) is 7.11 Å². The van der Waals surface area contributed by atoms with E-state index in [1.807, 2.05) is 35.8 Å². The van der Waals surface area contributed by atoms with Crippen molar-refractivity contribution in [1.29, 1.82) is 0 Å². The van der Waals surface area contributed by atoms with Crippen LogP contribution in [0.4, 0.5) is 0 Å². The molecule has 2 N–H and O–H groups in total. The lowest BCUT2D eigenvalue weighted by Gasteiger charge is -2.14. The van der Waals surface area contributed by atoms with Crippen LogP contribution in [-0.4, -0.2) is 24.8 Å². The van der Waals surface area contributed by atoms with Crippen LogP contribution in [-0.2, 0) is 16.1 Å². The smallest absolute Gasteiger partial charge is 0.328 e. The van der Waals surface area contributed by atoms with Crippen LogP contribution < -0.4 is 10.5 Å². The number of fused-ring (bicyclic) bond motifs is 1. The van der Waals surface area contributed by atoms with Crippen LogP contribution in [0.3, 0.4) is 0 Å². The second kappa shape index (κ2) is 5.32. The molecule has 0 aliphatic rings. The van der Waals surface area contributed by atoms with E-state index in [0.29, 0.717) is 6.54 Å². The Kier molecular flexibility index (Phi) is 3.76. The Morgan fingerprint density at radius 2 is 2.16 bits per heavy atom. The number of carbonyl (C=O) groups excluding carboxylic acids is 1. The topological polar surface area (TPSA) is 66.5 Å². The van der Waals surface area contributed by atoms with Gasteiger partial charge in [-0.25, -0.2) is 4.79 Å². The summed E-state index contributed by atoms with van der Waals surface area (Å²) in [6, 6.07) is 6.89. The number of nitrogens with two attached hydrogens (primary N) is 1. The molecule has 0 saturated heterocycles. The van der Waals surface area contributed by atoms with Crippen LogP contribution in [0.25, 0.3) is 10.9 Å². The molecule has 102 valence electrons. The molecule has 0 bridgehead atoms. The van der Waals surface area contributed by atoms with Gasteiger partial charge in [-0.1, -0.05) is 12.1 Å². The maximum atomic E-state index is 11.6. The van der Waals surface area contributed by atoms with Gasteiger partial charge in [0.05, 0.1) is 19.7 Å². The van der Waals surface area contributed by atoms with Crippen LogP contribution in [0.5, 0.6) is 5.75 Å². The van der Waals surface area contributed by atoms with Crippen LogP contribution >= 0.6 is 0 Å². The standard InChI is InChI=1S/C14H18N2O3/c1-4-16-10(12(15)14(17)19-3)8-9-6-5-7-11(18-2)13(9)16/h5-8,12H,4,15H2,1-3H3. The molecule has 5 nitrogen and oxygen atoms in total. The molecular formula is C14H18N2O3. The van der Waals surface area contributed by atoms with Gasteiger partial charge in [-0.2, -0.15) is 0 Å². The molecule has 1 atom stereocenters. The van der Waals surface area contributed by atoms with E-state index >= 15 is 0 Å². The summed E-state index contributed by atoms with van der Waals surface area (Å²) in [4.78, 5) is 11.6. The van der Waals surface area contributed by atoms with Crippen LogP contribution in [0.1, 0.15) is 18.7 Å². The molecule has 0 aliphatic carbocycles. The molecular weight excluding hydrogens is 244 g/mol. The Bertz CT molecular complexity index is 604. The van der Waals surface area contributed by atoms with Crippen LogP contribution in [0.15, 0.2) is 24.3 Å². The zero-order chi connectivity index (χ0) is 14.0. The number of hydrogen-bond acceptors (Lipinski definition) is 4. The Hall–Kier alpha value is -2.01. The number of benzene rings is 1. The fourth-order valence-corrected chi connectivity index (χ4v) is 2.32. The summed E-state index contributed by atoms with van der Waals surface area (Å²) in [6.45, 7) is 2.70. The van der Waals surface area contributed by atoms with Gasteiger partial charge in [0.15, 0.2) is 0 Å². The monoisotopic (exact) mass is 262 g/mol. The number of ether oxygens (including phenoxy) is 2. The highest BCUT2D eigenvalue weighted by Crippen LogP contribution is 2.31. The third kappa shape index (κ3) is 2.17. The first-order valence-corrected chi connectivity index (χ1v) is 6.13. The molecule has 5 heteroatoms. The number of para-hydroxylation sites is 1. The van der Waals surface area contributed by atoms with Crippen molar-refractivity contribution >= 4 is 16.9 Å². The summed E-state index contributed by atoms with van der Waals surface area (Å²) < 4.78 is 12.1. The molecule has 1 aromatic heterocycles. The van der Waals surface area contributed by atoms with Crippen LogP contribution in [0, 0.1) is 0 Å². The first-order chi connectivity index (χ1) is 9.13. The lowest BCUT2D eigenvalue weighted by Crippen LogP contribution is -2.25. The largest absolute Gasteiger partial charge is 0.495 e. The highest BCUT2D eigenvalue weighted by atomic mass is 16.5. The fraction of sp³-hybridized carbons (Fsp3) is 0.357. The van der Waals surface area contributed by atoms with Gasteiger partial charge in [-0.3, -0.25) is 0 Å². The average molecular weight is 262 g/mol. The van der Waals surface area contributed by atoms with Gasteiger partial charge in [0, 0.05) is 17.6 Å². The van der Waals surface area contributed by atoms with E-state index in [2.05, 4.69) is 0 Å². The summed E-state index contributed by atoms with van der Waals surface area (Å²) in [5.41, 5.74) is 7.62. The third-order valence-corrected chi connectivity index (χ3v) is 3.23. The molecule has 1 aromatic carbocycles. The second-order valence-corrected chi connectivity index (χ2v) is 4.21. The first kappa shape index (κ1) is 13.4. The van der Waals surface area contributed by atoms with Gasteiger partial charge in [0.25, 0.3) is 0 Å². The van der Waals surface area contributed by atoms with E-state index in [9.17, 15) is 4.79 Å². The molecule has 2 aromatic rings. The molecule has 0 saturated carbocycles. The minimum atomic E-state index is -0.790. The van der Waals surface area contributed by atoms with Crippen molar-refractivity contribution < 1.29 is 14.3 Å². The van der Waals surface area contributed by atoms with E-state index in [4.69, 9.17) is 15.2 Å².